The number of anilines is 1. The van der Waals surface area contributed by atoms with Crippen LogP contribution in [0.2, 0.25) is 0 Å². The van der Waals surface area contributed by atoms with Crippen LogP contribution in [0.1, 0.15) is 53.7 Å². The zero-order chi connectivity index (χ0) is 27.7. The van der Waals surface area contributed by atoms with Crippen LogP contribution in [-0.2, 0) is 11.6 Å². The molecule has 1 aromatic carbocycles. The summed E-state index contributed by atoms with van der Waals surface area (Å²) in [4.78, 5) is 28.7. The minimum absolute atomic E-state index is 0.0779. The smallest absolute Gasteiger partial charge is 0.434 e. The Labute approximate surface area is 228 Å². The quantitative estimate of drug-likeness (QED) is 0.521. The Balaban J connectivity index is 1.07. The molecule has 0 radical (unpaired) electrons. The second-order valence-electron chi connectivity index (χ2n) is 11.3. The second-order valence-corrected chi connectivity index (χ2v) is 11.3. The summed E-state index contributed by atoms with van der Waals surface area (Å²) in [6, 6.07) is 9.54. The van der Waals surface area contributed by atoms with E-state index in [2.05, 4.69) is 21.0 Å². The molecule has 0 unspecified atom stereocenters. The number of aromatic nitrogens is 3. The van der Waals surface area contributed by atoms with Gasteiger partial charge in [-0.15, -0.1) is 0 Å². The Morgan fingerprint density at radius 2 is 1.73 bits per heavy atom. The number of aliphatic hydroxyl groups is 1. The molecule has 1 atom stereocenters. The van der Waals surface area contributed by atoms with E-state index in [1.165, 1.54) is 6.20 Å². The predicted molar refractivity (Wildman–Crippen MR) is 139 cm³/mol. The van der Waals surface area contributed by atoms with Crippen LogP contribution in [0.15, 0.2) is 48.9 Å². The Kier molecular flexibility index (Phi) is 5.61. The molecule has 2 aromatic heterocycles. The van der Waals surface area contributed by atoms with Gasteiger partial charge in [0.15, 0.2) is 5.69 Å². The lowest BCUT2D eigenvalue weighted by Crippen LogP contribution is -2.52. The number of alkyl halides is 3. The standard InChI is InChI=1S/C29H28F3N5O3/c30-29(31,32)24-15-35-25(16-34-24)36-11-8-28(9-12-36)27(6-7-27)21-13-22(33-14-23(21)40-28)18-1-3-19(4-2-18)26(39)37-10-5-20(38)17-37/h1-4,13-16,20,38H,5-12,17H2/t20-/m1/s1. The minimum Gasteiger partial charge on any atom is -0.484 e. The molecular weight excluding hydrogens is 523 g/mol. The Morgan fingerprint density at radius 1 is 0.975 bits per heavy atom. The van der Waals surface area contributed by atoms with Crippen molar-refractivity contribution in [2.75, 3.05) is 31.1 Å². The van der Waals surface area contributed by atoms with Crippen molar-refractivity contribution in [1.82, 2.24) is 19.9 Å². The molecule has 208 valence electrons. The molecule has 3 aromatic rings. The summed E-state index contributed by atoms with van der Waals surface area (Å²) in [6.07, 6.45) is 2.89. The average molecular weight is 552 g/mol. The Hall–Kier alpha value is -3.73. The molecule has 4 aliphatic rings. The van der Waals surface area contributed by atoms with E-state index in [-0.39, 0.29) is 16.9 Å². The number of amides is 1. The molecule has 1 saturated carbocycles. The van der Waals surface area contributed by atoms with E-state index >= 15 is 0 Å². The van der Waals surface area contributed by atoms with Crippen LogP contribution in [0.5, 0.6) is 5.75 Å². The number of pyridine rings is 1. The molecule has 1 aliphatic carbocycles. The fourth-order valence-corrected chi connectivity index (χ4v) is 6.66. The summed E-state index contributed by atoms with van der Waals surface area (Å²) >= 11 is 0. The molecule has 3 fully saturated rings. The summed E-state index contributed by atoms with van der Waals surface area (Å²) < 4.78 is 45.3. The number of aliphatic hydroxyl groups excluding tert-OH is 1. The summed E-state index contributed by atoms with van der Waals surface area (Å²) in [5, 5.41) is 9.75. The lowest BCUT2D eigenvalue weighted by Gasteiger charge is -2.43. The van der Waals surface area contributed by atoms with Gasteiger partial charge in [-0.05, 0) is 37.5 Å². The molecule has 8 nitrogen and oxygen atoms in total. The third kappa shape index (κ3) is 4.01. The number of ether oxygens (including phenoxy) is 1. The summed E-state index contributed by atoms with van der Waals surface area (Å²) in [7, 11) is 0. The number of fused-ring (bicyclic) bond motifs is 3. The monoisotopic (exact) mass is 551 g/mol. The number of carbonyl (C=O) groups excluding carboxylic acids is 1. The van der Waals surface area contributed by atoms with Crippen molar-refractivity contribution < 1.29 is 27.8 Å². The van der Waals surface area contributed by atoms with Crippen LogP contribution >= 0.6 is 0 Å². The molecule has 0 bridgehead atoms. The van der Waals surface area contributed by atoms with Gasteiger partial charge in [-0.1, -0.05) is 12.1 Å². The van der Waals surface area contributed by atoms with Crippen LogP contribution in [0, 0.1) is 0 Å². The SMILES string of the molecule is O=C(c1ccc(-c2cc3c(cn2)OC2(CCN(c4cnc(C(F)(F)F)cn4)CC2)C32CC2)cc1)N1CC[C@@H](O)C1. The number of halogens is 3. The maximum atomic E-state index is 12.9. The van der Waals surface area contributed by atoms with Gasteiger partial charge in [0.2, 0.25) is 0 Å². The van der Waals surface area contributed by atoms with Crippen LogP contribution in [0.25, 0.3) is 11.3 Å². The predicted octanol–water partition coefficient (Wildman–Crippen LogP) is 4.23. The molecule has 2 saturated heterocycles. The van der Waals surface area contributed by atoms with E-state index in [0.717, 1.165) is 54.5 Å². The van der Waals surface area contributed by atoms with Crippen LogP contribution in [-0.4, -0.2) is 68.7 Å². The van der Waals surface area contributed by atoms with Gasteiger partial charge in [-0.2, -0.15) is 13.2 Å². The maximum absolute atomic E-state index is 12.9. The third-order valence-corrected chi connectivity index (χ3v) is 9.01. The lowest BCUT2D eigenvalue weighted by atomic mass is 9.74. The topological polar surface area (TPSA) is 91.7 Å². The van der Waals surface area contributed by atoms with Crippen molar-refractivity contribution in [1.29, 1.82) is 0 Å². The summed E-state index contributed by atoms with van der Waals surface area (Å²) in [5.74, 6) is 1.16. The van der Waals surface area contributed by atoms with E-state index in [0.29, 0.717) is 44.0 Å². The molecule has 11 heteroatoms. The summed E-state index contributed by atoms with van der Waals surface area (Å²) in [5.41, 5.74) is 2.02. The number of nitrogens with zero attached hydrogens (tertiary/aromatic N) is 5. The van der Waals surface area contributed by atoms with E-state index in [1.807, 2.05) is 29.2 Å². The number of hydrogen-bond donors (Lipinski definition) is 1. The van der Waals surface area contributed by atoms with Gasteiger partial charge in [0.05, 0.1) is 30.4 Å². The van der Waals surface area contributed by atoms with Gasteiger partial charge >= 0.3 is 6.18 Å². The second kappa shape index (κ2) is 8.89. The number of carbonyl (C=O) groups is 1. The lowest BCUT2D eigenvalue weighted by molar-refractivity contribution is -0.141. The van der Waals surface area contributed by atoms with Gasteiger partial charge < -0.3 is 19.6 Å². The van der Waals surface area contributed by atoms with Crippen molar-refractivity contribution in [3.63, 3.8) is 0 Å². The maximum Gasteiger partial charge on any atom is 0.434 e. The van der Waals surface area contributed by atoms with E-state index < -0.39 is 18.0 Å². The first-order valence-corrected chi connectivity index (χ1v) is 13.6. The zero-order valence-corrected chi connectivity index (χ0v) is 21.7. The van der Waals surface area contributed by atoms with Crippen molar-refractivity contribution >= 4 is 11.7 Å². The molecule has 5 heterocycles. The number of rotatable bonds is 3. The van der Waals surface area contributed by atoms with Gasteiger partial charge in [0.1, 0.15) is 17.2 Å². The number of benzene rings is 1. The van der Waals surface area contributed by atoms with Gasteiger partial charge in [0.25, 0.3) is 5.91 Å². The van der Waals surface area contributed by atoms with Crippen molar-refractivity contribution in [3.05, 3.63) is 65.7 Å². The molecule has 2 spiro atoms. The third-order valence-electron chi connectivity index (χ3n) is 9.01. The Bertz CT molecular complexity index is 1450. The minimum atomic E-state index is -4.51. The highest BCUT2D eigenvalue weighted by atomic mass is 19.4. The highest BCUT2D eigenvalue weighted by molar-refractivity contribution is 5.94. The normalized spacial score (nSPS) is 22.4. The average Bonchev–Trinajstić information content (AvgIpc) is 3.60. The summed E-state index contributed by atoms with van der Waals surface area (Å²) in [6.45, 7) is 2.15. The number of likely N-dealkylation sites (tertiary alicyclic amines) is 1. The highest BCUT2D eigenvalue weighted by Gasteiger charge is 2.67. The first-order chi connectivity index (χ1) is 19.2. The first-order valence-electron chi connectivity index (χ1n) is 13.6. The number of hydrogen-bond acceptors (Lipinski definition) is 7. The molecular formula is C29H28F3N5O3. The van der Waals surface area contributed by atoms with E-state index in [4.69, 9.17) is 4.74 Å². The van der Waals surface area contributed by atoms with Gasteiger partial charge in [0, 0.05) is 61.1 Å². The number of β-amino-alcohol motifs (C(OH)–C–C–N with tert-alkyl or cyclic N) is 1. The van der Waals surface area contributed by atoms with Gasteiger partial charge in [-0.3, -0.25) is 9.78 Å². The Morgan fingerprint density at radius 3 is 2.33 bits per heavy atom. The molecule has 1 amide bonds. The fourth-order valence-electron chi connectivity index (χ4n) is 6.66. The molecule has 7 rings (SSSR count). The van der Waals surface area contributed by atoms with Crippen molar-refractivity contribution in [2.24, 2.45) is 0 Å². The molecule has 3 aliphatic heterocycles. The van der Waals surface area contributed by atoms with E-state index in [1.54, 1.807) is 11.1 Å². The van der Waals surface area contributed by atoms with Crippen LogP contribution in [0.3, 0.4) is 0 Å². The zero-order valence-electron chi connectivity index (χ0n) is 21.7. The first kappa shape index (κ1) is 25.3. The highest BCUT2D eigenvalue weighted by Crippen LogP contribution is 2.66. The van der Waals surface area contributed by atoms with Crippen LogP contribution < -0.4 is 9.64 Å². The number of piperidine rings is 1. The molecule has 40 heavy (non-hydrogen) atoms. The van der Waals surface area contributed by atoms with Crippen LogP contribution in [0.4, 0.5) is 19.0 Å². The fraction of sp³-hybridized carbons (Fsp3) is 0.448. The van der Waals surface area contributed by atoms with Crippen molar-refractivity contribution in [2.45, 2.75) is 55.4 Å². The van der Waals surface area contributed by atoms with Gasteiger partial charge in [-0.25, -0.2) is 9.97 Å². The molecule has 1 N–H and O–H groups in total. The largest absolute Gasteiger partial charge is 0.484 e. The van der Waals surface area contributed by atoms with E-state index in [9.17, 15) is 23.1 Å². The van der Waals surface area contributed by atoms with Crippen molar-refractivity contribution in [3.8, 4) is 17.0 Å².